The molecule has 0 N–H and O–H groups in total. The van der Waals surface area contributed by atoms with Crippen molar-refractivity contribution in [1.29, 1.82) is 0 Å². The molecule has 6 heteroatoms. The van der Waals surface area contributed by atoms with E-state index < -0.39 is 0 Å². The number of likely N-dealkylation sites (N-methyl/N-ethyl adjacent to an activating group) is 1. The lowest BCUT2D eigenvalue weighted by Crippen LogP contribution is -2.24. The average Bonchev–Trinajstić information content (AvgIpc) is 3.13. The minimum Gasteiger partial charge on any atom is -0.454 e. The van der Waals surface area contributed by atoms with E-state index >= 15 is 0 Å². The highest BCUT2D eigenvalue weighted by Crippen LogP contribution is 2.32. The lowest BCUT2D eigenvalue weighted by atomic mass is 10.2. The highest BCUT2D eigenvalue weighted by atomic mass is 16.7. The van der Waals surface area contributed by atoms with Crippen LogP contribution in [0.1, 0.15) is 11.3 Å². The van der Waals surface area contributed by atoms with Gasteiger partial charge < -0.3 is 14.4 Å². The first-order chi connectivity index (χ1) is 12.7. The van der Waals surface area contributed by atoms with Gasteiger partial charge in [0.25, 0.3) is 0 Å². The van der Waals surface area contributed by atoms with Crippen molar-refractivity contribution < 1.29 is 14.3 Å². The van der Waals surface area contributed by atoms with E-state index in [4.69, 9.17) is 9.47 Å². The molecule has 1 amide bonds. The van der Waals surface area contributed by atoms with Crippen molar-refractivity contribution in [2.45, 2.75) is 6.54 Å². The van der Waals surface area contributed by atoms with Gasteiger partial charge in [-0.3, -0.25) is 9.78 Å². The van der Waals surface area contributed by atoms with E-state index in [0.29, 0.717) is 18.0 Å². The number of aromatic nitrogens is 2. The van der Waals surface area contributed by atoms with Crippen molar-refractivity contribution in [3.05, 3.63) is 66.0 Å². The Morgan fingerprint density at radius 2 is 1.96 bits per heavy atom. The standard InChI is InChI=1S/C20H17N3O3/c1-23(12-14-6-8-18-19(10-14)26-13-25-18)20(24)9-7-15-11-21-16-4-2-3-5-17(16)22-15/h2-11H,12-13H2,1H3/b9-7+. The molecule has 0 fully saturated rings. The van der Waals surface area contributed by atoms with E-state index in [9.17, 15) is 4.79 Å². The van der Waals surface area contributed by atoms with E-state index in [2.05, 4.69) is 9.97 Å². The molecule has 3 aromatic rings. The van der Waals surface area contributed by atoms with Crippen LogP contribution < -0.4 is 9.47 Å². The summed E-state index contributed by atoms with van der Waals surface area (Å²) in [6, 6.07) is 13.3. The zero-order valence-corrected chi connectivity index (χ0v) is 14.3. The molecule has 2 heterocycles. The molecule has 0 spiro atoms. The number of amides is 1. The molecule has 0 radical (unpaired) electrons. The average molecular weight is 347 g/mol. The Balaban J connectivity index is 1.43. The van der Waals surface area contributed by atoms with Crippen molar-refractivity contribution >= 4 is 23.0 Å². The van der Waals surface area contributed by atoms with Crippen molar-refractivity contribution in [3.63, 3.8) is 0 Å². The fraction of sp³-hybridized carbons (Fsp3) is 0.150. The van der Waals surface area contributed by atoms with Gasteiger partial charge in [-0.25, -0.2) is 4.98 Å². The summed E-state index contributed by atoms with van der Waals surface area (Å²) < 4.78 is 10.7. The lowest BCUT2D eigenvalue weighted by molar-refractivity contribution is -0.125. The number of nitrogens with zero attached hydrogens (tertiary/aromatic N) is 3. The number of fused-ring (bicyclic) bond motifs is 2. The summed E-state index contributed by atoms with van der Waals surface area (Å²) >= 11 is 0. The third-order valence-electron chi connectivity index (χ3n) is 4.10. The molecule has 2 aromatic carbocycles. The number of ether oxygens (including phenoxy) is 2. The molecule has 0 saturated heterocycles. The lowest BCUT2D eigenvalue weighted by Gasteiger charge is -2.15. The SMILES string of the molecule is CN(Cc1ccc2c(c1)OCO2)C(=O)/C=C/c1cnc2ccccc2n1. The third kappa shape index (κ3) is 3.35. The second-order valence-corrected chi connectivity index (χ2v) is 6.00. The predicted molar refractivity (Wildman–Crippen MR) is 97.6 cm³/mol. The Kier molecular flexibility index (Phi) is 4.23. The van der Waals surface area contributed by atoms with Gasteiger partial charge in [0.1, 0.15) is 0 Å². The number of benzene rings is 2. The summed E-state index contributed by atoms with van der Waals surface area (Å²) in [6.45, 7) is 0.715. The van der Waals surface area contributed by atoms with Crippen molar-refractivity contribution in [2.24, 2.45) is 0 Å². The molecule has 0 unspecified atom stereocenters. The maximum atomic E-state index is 12.4. The maximum absolute atomic E-state index is 12.4. The summed E-state index contributed by atoms with van der Waals surface area (Å²) in [4.78, 5) is 22.8. The number of hydrogen-bond donors (Lipinski definition) is 0. The minimum atomic E-state index is -0.113. The summed E-state index contributed by atoms with van der Waals surface area (Å²) in [5.41, 5.74) is 3.25. The van der Waals surface area contributed by atoms with Crippen molar-refractivity contribution in [3.8, 4) is 11.5 Å². The van der Waals surface area contributed by atoms with E-state index in [1.807, 2.05) is 42.5 Å². The molecule has 26 heavy (non-hydrogen) atoms. The zero-order valence-electron chi connectivity index (χ0n) is 14.3. The van der Waals surface area contributed by atoms with E-state index in [1.54, 1.807) is 24.2 Å². The highest BCUT2D eigenvalue weighted by molar-refractivity contribution is 5.91. The third-order valence-corrected chi connectivity index (χ3v) is 4.10. The van der Waals surface area contributed by atoms with Gasteiger partial charge in [-0.2, -0.15) is 0 Å². The van der Waals surface area contributed by atoms with Crippen LogP contribution in [0.15, 0.2) is 54.7 Å². The summed E-state index contributed by atoms with van der Waals surface area (Å²) in [7, 11) is 1.75. The molecular weight excluding hydrogens is 330 g/mol. The van der Waals surface area contributed by atoms with Gasteiger partial charge in [-0.05, 0) is 35.9 Å². The first-order valence-corrected chi connectivity index (χ1v) is 8.22. The van der Waals surface area contributed by atoms with Gasteiger partial charge in [0.2, 0.25) is 12.7 Å². The minimum absolute atomic E-state index is 0.113. The maximum Gasteiger partial charge on any atom is 0.246 e. The summed E-state index contributed by atoms with van der Waals surface area (Å²) in [6.07, 6.45) is 4.84. The Morgan fingerprint density at radius 1 is 1.15 bits per heavy atom. The van der Waals surface area contributed by atoms with Crippen LogP contribution in [0, 0.1) is 0 Å². The Morgan fingerprint density at radius 3 is 2.85 bits per heavy atom. The molecule has 0 aliphatic carbocycles. The second-order valence-electron chi connectivity index (χ2n) is 6.00. The van der Waals surface area contributed by atoms with Gasteiger partial charge >= 0.3 is 0 Å². The molecule has 0 bridgehead atoms. The van der Waals surface area contributed by atoms with Gasteiger partial charge in [0.15, 0.2) is 11.5 Å². The van der Waals surface area contributed by atoms with Crippen LogP contribution in [0.2, 0.25) is 0 Å². The van der Waals surface area contributed by atoms with Crippen LogP contribution in [0.4, 0.5) is 0 Å². The molecule has 1 aliphatic rings. The smallest absolute Gasteiger partial charge is 0.246 e. The number of rotatable bonds is 4. The van der Waals surface area contributed by atoms with Crippen LogP contribution in [-0.4, -0.2) is 34.6 Å². The molecule has 0 saturated carbocycles. The van der Waals surface area contributed by atoms with Crippen molar-refractivity contribution in [2.75, 3.05) is 13.8 Å². The van der Waals surface area contributed by atoms with Gasteiger partial charge in [-0.1, -0.05) is 18.2 Å². The first-order valence-electron chi connectivity index (χ1n) is 8.22. The molecular formula is C20H17N3O3. The highest BCUT2D eigenvalue weighted by Gasteiger charge is 2.14. The van der Waals surface area contributed by atoms with Crippen LogP contribution in [-0.2, 0) is 11.3 Å². The van der Waals surface area contributed by atoms with Gasteiger partial charge in [0, 0.05) is 19.7 Å². The normalized spacial score (nSPS) is 12.7. The number of carbonyl (C=O) groups excluding carboxylic acids is 1. The number of para-hydroxylation sites is 2. The molecule has 4 rings (SSSR count). The van der Waals surface area contributed by atoms with Crippen LogP contribution >= 0.6 is 0 Å². The number of hydrogen-bond acceptors (Lipinski definition) is 5. The van der Waals surface area contributed by atoms with E-state index in [-0.39, 0.29) is 12.7 Å². The van der Waals surface area contributed by atoms with Crippen LogP contribution in [0.5, 0.6) is 11.5 Å². The number of carbonyl (C=O) groups is 1. The molecule has 0 atom stereocenters. The fourth-order valence-corrected chi connectivity index (χ4v) is 2.73. The van der Waals surface area contributed by atoms with Gasteiger partial charge in [0.05, 0.1) is 22.9 Å². The fourth-order valence-electron chi connectivity index (χ4n) is 2.73. The molecule has 6 nitrogen and oxygen atoms in total. The van der Waals surface area contributed by atoms with E-state index in [1.165, 1.54) is 6.08 Å². The van der Waals surface area contributed by atoms with E-state index in [0.717, 1.165) is 22.3 Å². The first kappa shape index (κ1) is 16.1. The van der Waals surface area contributed by atoms with Crippen LogP contribution in [0.25, 0.3) is 17.1 Å². The van der Waals surface area contributed by atoms with Gasteiger partial charge in [-0.15, -0.1) is 0 Å². The monoisotopic (exact) mass is 347 g/mol. The van der Waals surface area contributed by atoms with Crippen molar-refractivity contribution in [1.82, 2.24) is 14.9 Å². The molecule has 1 aromatic heterocycles. The predicted octanol–water partition coefficient (Wildman–Crippen LogP) is 3.03. The molecule has 130 valence electrons. The quantitative estimate of drug-likeness (QED) is 0.679. The second kappa shape index (κ2) is 6.84. The Bertz CT molecular complexity index is 1000. The summed E-state index contributed by atoms with van der Waals surface area (Å²) in [5, 5.41) is 0. The Labute approximate surface area is 150 Å². The topological polar surface area (TPSA) is 64.6 Å². The Hall–Kier alpha value is -3.41. The molecule has 1 aliphatic heterocycles. The van der Waals surface area contributed by atoms with Crippen LogP contribution in [0.3, 0.4) is 0 Å². The largest absolute Gasteiger partial charge is 0.454 e. The summed E-state index contributed by atoms with van der Waals surface area (Å²) in [5.74, 6) is 1.33. The zero-order chi connectivity index (χ0) is 17.9.